The maximum Gasteiger partial charge on any atom is 0.121 e. The summed E-state index contributed by atoms with van der Waals surface area (Å²) in [6, 6.07) is 6.09. The minimum atomic E-state index is 0.507. The van der Waals surface area contributed by atoms with Gasteiger partial charge in [-0.25, -0.2) is 0 Å². The number of hydrogen-bond donors (Lipinski definition) is 1. The van der Waals surface area contributed by atoms with Gasteiger partial charge in [-0.2, -0.15) is 0 Å². The van der Waals surface area contributed by atoms with E-state index in [9.17, 15) is 5.11 Å². The maximum atomic E-state index is 10.0. The van der Waals surface area contributed by atoms with Crippen LogP contribution >= 0.6 is 0 Å². The van der Waals surface area contributed by atoms with E-state index < -0.39 is 0 Å². The van der Waals surface area contributed by atoms with E-state index in [1.807, 2.05) is 19.1 Å². The van der Waals surface area contributed by atoms with Gasteiger partial charge < -0.3 is 5.11 Å². The van der Waals surface area contributed by atoms with Crippen molar-refractivity contribution in [3.8, 4) is 5.75 Å². The van der Waals surface area contributed by atoms with Gasteiger partial charge in [0.2, 0.25) is 0 Å². The van der Waals surface area contributed by atoms with Gasteiger partial charge in [-0.05, 0) is 30.9 Å². The Balaban J connectivity index is 1.85. The predicted octanol–water partition coefficient (Wildman–Crippen LogP) is 7.72. The molecule has 0 bridgehead atoms. The molecule has 0 spiro atoms. The van der Waals surface area contributed by atoms with Gasteiger partial charge in [0, 0.05) is 0 Å². The first-order valence-electron chi connectivity index (χ1n) is 10.5. The summed E-state index contributed by atoms with van der Waals surface area (Å²) in [4.78, 5) is 0. The summed E-state index contributed by atoms with van der Waals surface area (Å²) in [6.07, 6.45) is 20.5. The number of rotatable bonds is 15. The van der Waals surface area contributed by atoms with Gasteiger partial charge in [-0.3, -0.25) is 0 Å². The molecule has 0 aliphatic carbocycles. The summed E-state index contributed by atoms with van der Waals surface area (Å²) in [5.74, 6) is 0.507. The summed E-state index contributed by atoms with van der Waals surface area (Å²) in [7, 11) is 0. The molecule has 0 saturated carbocycles. The van der Waals surface area contributed by atoms with Crippen molar-refractivity contribution in [3.63, 3.8) is 0 Å². The molecule has 1 nitrogen and oxygen atoms in total. The van der Waals surface area contributed by atoms with Crippen LogP contribution in [0.4, 0.5) is 0 Å². The lowest BCUT2D eigenvalue weighted by Crippen LogP contribution is -1.89. The highest BCUT2D eigenvalue weighted by Crippen LogP contribution is 2.23. The summed E-state index contributed by atoms with van der Waals surface area (Å²) in [5, 5.41) is 10.0. The van der Waals surface area contributed by atoms with Gasteiger partial charge in [0.1, 0.15) is 5.75 Å². The van der Waals surface area contributed by atoms with Crippen LogP contribution in [0.15, 0.2) is 18.2 Å². The molecule has 1 rings (SSSR count). The Morgan fingerprint density at radius 1 is 0.667 bits per heavy atom. The summed E-state index contributed by atoms with van der Waals surface area (Å²) < 4.78 is 0. The highest BCUT2D eigenvalue weighted by molar-refractivity contribution is 5.39. The van der Waals surface area contributed by atoms with E-state index in [4.69, 9.17) is 0 Å². The van der Waals surface area contributed by atoms with Crippen LogP contribution in [0.5, 0.6) is 5.75 Å². The third kappa shape index (κ3) is 10.0. The molecular formula is C23H40O. The number of unbranched alkanes of at least 4 members (excludes halogenated alkanes) is 13. The Kier molecular flexibility index (Phi) is 12.6. The smallest absolute Gasteiger partial charge is 0.121 e. The van der Waals surface area contributed by atoms with Crippen LogP contribution in [0.3, 0.4) is 0 Å². The van der Waals surface area contributed by atoms with E-state index in [2.05, 4.69) is 13.0 Å². The van der Waals surface area contributed by atoms with Crippen molar-refractivity contribution in [1.29, 1.82) is 0 Å². The lowest BCUT2D eigenvalue weighted by atomic mass is 10.0. The number of phenolic OH excluding ortho intramolecular Hbond substituents is 1. The lowest BCUT2D eigenvalue weighted by molar-refractivity contribution is 0.461. The summed E-state index contributed by atoms with van der Waals surface area (Å²) >= 11 is 0. The second-order valence-corrected chi connectivity index (χ2v) is 7.43. The van der Waals surface area contributed by atoms with Crippen molar-refractivity contribution in [1.82, 2.24) is 0 Å². The number of aryl methyl sites for hydroxylation is 2. The molecule has 0 saturated heterocycles. The third-order valence-corrected chi connectivity index (χ3v) is 5.12. The first-order chi connectivity index (χ1) is 11.8. The second kappa shape index (κ2) is 14.4. The quantitative estimate of drug-likeness (QED) is 0.326. The van der Waals surface area contributed by atoms with E-state index in [0.29, 0.717) is 5.75 Å². The fourth-order valence-electron chi connectivity index (χ4n) is 3.43. The Morgan fingerprint density at radius 3 is 1.62 bits per heavy atom. The van der Waals surface area contributed by atoms with Crippen LogP contribution in [0, 0.1) is 6.92 Å². The molecule has 138 valence electrons. The minimum Gasteiger partial charge on any atom is -0.507 e. The van der Waals surface area contributed by atoms with Crippen LogP contribution in [0.1, 0.15) is 108 Å². The standard InChI is InChI=1S/C23H40O/c1-3-4-5-6-7-8-9-10-11-12-13-14-15-16-19-22-20-17-18-21(2)23(22)24/h17-18,20,24H,3-16,19H2,1-2H3. The molecule has 1 aromatic rings. The number of aromatic hydroxyl groups is 1. The van der Waals surface area contributed by atoms with Gasteiger partial charge in [-0.15, -0.1) is 0 Å². The lowest BCUT2D eigenvalue weighted by Gasteiger charge is -2.07. The molecular weight excluding hydrogens is 292 g/mol. The van der Waals surface area contributed by atoms with Crippen LogP contribution in [-0.2, 0) is 6.42 Å². The normalized spacial score (nSPS) is 11.1. The Labute approximate surface area is 150 Å². The van der Waals surface area contributed by atoms with Crippen molar-refractivity contribution in [3.05, 3.63) is 29.3 Å². The zero-order valence-electron chi connectivity index (χ0n) is 16.3. The molecule has 0 aliphatic heterocycles. The van der Waals surface area contributed by atoms with E-state index in [-0.39, 0.29) is 0 Å². The molecule has 0 aliphatic rings. The highest BCUT2D eigenvalue weighted by atomic mass is 16.3. The molecule has 0 radical (unpaired) electrons. The first-order valence-corrected chi connectivity index (χ1v) is 10.5. The molecule has 0 amide bonds. The molecule has 0 fully saturated rings. The molecule has 1 N–H and O–H groups in total. The average molecular weight is 333 g/mol. The van der Waals surface area contributed by atoms with Gasteiger partial charge in [0.15, 0.2) is 0 Å². The summed E-state index contributed by atoms with van der Waals surface area (Å²) in [5.41, 5.74) is 2.12. The van der Waals surface area contributed by atoms with E-state index in [1.54, 1.807) is 0 Å². The van der Waals surface area contributed by atoms with E-state index in [0.717, 1.165) is 17.5 Å². The number of phenols is 1. The zero-order chi connectivity index (χ0) is 17.5. The molecule has 24 heavy (non-hydrogen) atoms. The predicted molar refractivity (Wildman–Crippen MR) is 107 cm³/mol. The molecule has 0 aromatic heterocycles. The highest BCUT2D eigenvalue weighted by Gasteiger charge is 2.02. The maximum absolute atomic E-state index is 10.0. The van der Waals surface area contributed by atoms with Crippen molar-refractivity contribution in [2.24, 2.45) is 0 Å². The molecule has 0 unspecified atom stereocenters. The van der Waals surface area contributed by atoms with Gasteiger partial charge in [0.05, 0.1) is 0 Å². The van der Waals surface area contributed by atoms with Crippen LogP contribution in [-0.4, -0.2) is 5.11 Å². The molecule has 0 heterocycles. The third-order valence-electron chi connectivity index (χ3n) is 5.12. The van der Waals surface area contributed by atoms with Crippen molar-refractivity contribution in [2.75, 3.05) is 0 Å². The van der Waals surface area contributed by atoms with Gasteiger partial charge in [0.25, 0.3) is 0 Å². The van der Waals surface area contributed by atoms with E-state index >= 15 is 0 Å². The van der Waals surface area contributed by atoms with Crippen LogP contribution < -0.4 is 0 Å². The molecule has 0 atom stereocenters. The SMILES string of the molecule is CCCCCCCCCCCCCCCCc1cccc(C)c1O. The second-order valence-electron chi connectivity index (χ2n) is 7.43. The Morgan fingerprint density at radius 2 is 1.12 bits per heavy atom. The van der Waals surface area contributed by atoms with Gasteiger partial charge >= 0.3 is 0 Å². The largest absolute Gasteiger partial charge is 0.507 e. The minimum absolute atomic E-state index is 0.507. The number of benzene rings is 1. The first kappa shape index (κ1) is 21.1. The summed E-state index contributed by atoms with van der Waals surface area (Å²) in [6.45, 7) is 4.26. The fraction of sp³-hybridized carbons (Fsp3) is 0.739. The van der Waals surface area contributed by atoms with Gasteiger partial charge in [-0.1, -0.05) is 109 Å². The van der Waals surface area contributed by atoms with Crippen LogP contribution in [0.25, 0.3) is 0 Å². The molecule has 1 aromatic carbocycles. The zero-order valence-corrected chi connectivity index (χ0v) is 16.3. The van der Waals surface area contributed by atoms with Crippen molar-refractivity contribution in [2.45, 2.75) is 110 Å². The Bertz CT molecular complexity index is 410. The fourth-order valence-corrected chi connectivity index (χ4v) is 3.43. The van der Waals surface area contributed by atoms with Crippen LogP contribution in [0.2, 0.25) is 0 Å². The van der Waals surface area contributed by atoms with Crippen molar-refractivity contribution >= 4 is 0 Å². The topological polar surface area (TPSA) is 20.2 Å². The average Bonchev–Trinajstić information content (AvgIpc) is 2.58. The number of hydrogen-bond acceptors (Lipinski definition) is 1. The monoisotopic (exact) mass is 332 g/mol. The van der Waals surface area contributed by atoms with Crippen molar-refractivity contribution < 1.29 is 5.11 Å². The van der Waals surface area contributed by atoms with E-state index in [1.165, 1.54) is 89.9 Å². The number of para-hydroxylation sites is 1. The molecule has 1 heteroatoms. The Hall–Kier alpha value is -0.980.